The summed E-state index contributed by atoms with van der Waals surface area (Å²) in [5.74, 6) is -1.26. The number of aromatic nitrogens is 1. The van der Waals surface area contributed by atoms with E-state index in [4.69, 9.17) is 5.26 Å². The van der Waals surface area contributed by atoms with Gasteiger partial charge in [0, 0.05) is 22.5 Å². The molecule has 27 heavy (non-hydrogen) atoms. The number of nitriles is 1. The molecular formula is C21H19F2N3O. The van der Waals surface area contributed by atoms with Gasteiger partial charge in [0.2, 0.25) is 0 Å². The Morgan fingerprint density at radius 3 is 2.63 bits per heavy atom. The summed E-state index contributed by atoms with van der Waals surface area (Å²) in [7, 11) is 0. The molecule has 1 saturated carbocycles. The molecule has 1 heterocycles. The normalized spacial score (nSPS) is 14.2. The molecule has 2 N–H and O–H groups in total. The van der Waals surface area contributed by atoms with E-state index in [1.807, 2.05) is 17.9 Å². The Balaban J connectivity index is 1.90. The molecule has 0 amide bonds. The monoisotopic (exact) mass is 367 g/mol. The molecule has 0 aliphatic heterocycles. The van der Waals surface area contributed by atoms with Crippen LogP contribution in [0.3, 0.4) is 0 Å². The number of anilines is 2. The number of aliphatic hydroxyl groups excluding tert-OH is 1. The molecule has 0 unspecified atom stereocenters. The van der Waals surface area contributed by atoms with Crippen molar-refractivity contribution in [3.8, 4) is 6.07 Å². The first-order valence-electron chi connectivity index (χ1n) is 8.94. The number of nitrogens with one attached hydrogen (secondary N) is 1. The first kappa shape index (κ1) is 17.5. The van der Waals surface area contributed by atoms with Crippen LogP contribution in [0.15, 0.2) is 30.3 Å². The van der Waals surface area contributed by atoms with Gasteiger partial charge in [-0.1, -0.05) is 12.1 Å². The van der Waals surface area contributed by atoms with E-state index in [0.29, 0.717) is 11.4 Å². The maximum Gasteiger partial charge on any atom is 0.182 e. The molecule has 0 spiro atoms. The Morgan fingerprint density at radius 1 is 1.22 bits per heavy atom. The van der Waals surface area contributed by atoms with E-state index in [-0.39, 0.29) is 17.3 Å². The van der Waals surface area contributed by atoms with E-state index in [2.05, 4.69) is 11.1 Å². The third kappa shape index (κ3) is 2.75. The van der Waals surface area contributed by atoms with Crippen molar-refractivity contribution >= 4 is 22.4 Å². The fourth-order valence-electron chi connectivity index (χ4n) is 3.67. The number of hydrogen-bond acceptors (Lipinski definition) is 3. The van der Waals surface area contributed by atoms with E-state index in [1.165, 1.54) is 12.1 Å². The van der Waals surface area contributed by atoms with Gasteiger partial charge in [0.05, 0.1) is 23.9 Å². The van der Waals surface area contributed by atoms with Crippen LogP contribution in [0.25, 0.3) is 10.9 Å². The second kappa shape index (κ2) is 6.67. The number of benzene rings is 2. The maximum absolute atomic E-state index is 14.8. The van der Waals surface area contributed by atoms with Crippen molar-refractivity contribution < 1.29 is 13.9 Å². The average Bonchev–Trinajstić information content (AvgIpc) is 2.96. The molecule has 4 rings (SSSR count). The summed E-state index contributed by atoms with van der Waals surface area (Å²) in [6, 6.07) is 10.5. The van der Waals surface area contributed by atoms with E-state index >= 15 is 0 Å². The lowest BCUT2D eigenvalue weighted by atomic mass is 9.90. The van der Waals surface area contributed by atoms with Crippen LogP contribution in [0.4, 0.5) is 20.3 Å². The second-order valence-corrected chi connectivity index (χ2v) is 6.96. The van der Waals surface area contributed by atoms with Gasteiger partial charge in [0.25, 0.3) is 0 Å². The summed E-state index contributed by atoms with van der Waals surface area (Å²) in [6.45, 7) is 1.39. The molecule has 6 heteroatoms. The molecule has 1 aliphatic carbocycles. The van der Waals surface area contributed by atoms with Crippen LogP contribution in [-0.2, 0) is 6.61 Å². The molecule has 3 aromatic rings. The lowest BCUT2D eigenvalue weighted by Gasteiger charge is -2.39. The maximum atomic E-state index is 14.8. The number of aryl methyl sites for hydroxylation is 1. The Hall–Kier alpha value is -2.91. The smallest absolute Gasteiger partial charge is 0.182 e. The molecule has 1 aliphatic rings. The Bertz CT molecular complexity index is 1060. The minimum Gasteiger partial charge on any atom is -0.392 e. The summed E-state index contributed by atoms with van der Waals surface area (Å²) in [5, 5.41) is 19.3. The van der Waals surface area contributed by atoms with Gasteiger partial charge in [-0.2, -0.15) is 5.26 Å². The highest BCUT2D eigenvalue weighted by atomic mass is 19.2. The quantitative estimate of drug-likeness (QED) is 0.696. The van der Waals surface area contributed by atoms with Crippen molar-refractivity contribution in [2.24, 2.45) is 0 Å². The van der Waals surface area contributed by atoms with Crippen LogP contribution >= 0.6 is 0 Å². The highest BCUT2D eigenvalue weighted by Gasteiger charge is 2.32. The van der Waals surface area contributed by atoms with Crippen LogP contribution in [0.5, 0.6) is 0 Å². The average molecular weight is 367 g/mol. The minimum absolute atomic E-state index is 0.0585. The summed E-state index contributed by atoms with van der Waals surface area (Å²) in [6.07, 6.45) is 2.82. The van der Waals surface area contributed by atoms with Crippen LogP contribution < -0.4 is 4.90 Å². The number of fused-ring (bicyclic) bond motifs is 1. The van der Waals surface area contributed by atoms with Gasteiger partial charge in [-0.15, -0.1) is 0 Å². The number of H-pyrrole nitrogens is 1. The molecule has 0 bridgehead atoms. The van der Waals surface area contributed by atoms with E-state index < -0.39 is 18.2 Å². The number of halogens is 2. The molecule has 1 aromatic heterocycles. The lowest BCUT2D eigenvalue weighted by Crippen LogP contribution is -2.38. The number of nitrogens with zero attached hydrogens (tertiary/aromatic N) is 2. The zero-order chi connectivity index (χ0) is 19.1. The van der Waals surface area contributed by atoms with Crippen LogP contribution in [0.2, 0.25) is 0 Å². The summed E-state index contributed by atoms with van der Waals surface area (Å²) >= 11 is 0. The highest BCUT2D eigenvalue weighted by molar-refractivity contribution is 5.91. The first-order chi connectivity index (χ1) is 13.0. The number of rotatable bonds is 4. The first-order valence-corrected chi connectivity index (χ1v) is 8.94. The van der Waals surface area contributed by atoms with E-state index in [0.717, 1.165) is 35.7 Å². The predicted molar refractivity (Wildman–Crippen MR) is 99.8 cm³/mol. The van der Waals surface area contributed by atoms with Crippen molar-refractivity contribution in [2.45, 2.75) is 38.8 Å². The van der Waals surface area contributed by atoms with Gasteiger partial charge in [0.15, 0.2) is 11.6 Å². The topological polar surface area (TPSA) is 63.0 Å². The largest absolute Gasteiger partial charge is 0.392 e. The van der Waals surface area contributed by atoms with E-state index in [1.54, 1.807) is 12.1 Å². The number of aliphatic hydroxyl groups is 1. The SMILES string of the molecule is Cc1c(N(c2ccc(CO)c(F)c2F)C2CCC2)[nH]c2cc(C#N)ccc12. The van der Waals surface area contributed by atoms with Crippen molar-refractivity contribution in [3.63, 3.8) is 0 Å². The Labute approximate surface area is 155 Å². The van der Waals surface area contributed by atoms with Crippen LogP contribution in [0.1, 0.15) is 36.0 Å². The number of hydrogen-bond donors (Lipinski definition) is 2. The van der Waals surface area contributed by atoms with Gasteiger partial charge in [-0.05, 0) is 49.9 Å². The standard InChI is InChI=1S/C21H19F2N3O/c1-12-16-7-5-13(10-24)9-17(16)25-21(12)26(15-3-2-4-15)18-8-6-14(11-27)19(22)20(18)23/h5-9,15,25,27H,2-4,11H2,1H3. The molecule has 0 saturated heterocycles. The molecule has 0 radical (unpaired) electrons. The molecule has 1 fully saturated rings. The highest BCUT2D eigenvalue weighted by Crippen LogP contribution is 2.41. The van der Waals surface area contributed by atoms with Crippen LogP contribution in [0, 0.1) is 29.9 Å². The molecular weight excluding hydrogens is 348 g/mol. The number of aromatic amines is 1. The van der Waals surface area contributed by atoms with Crippen molar-refractivity contribution in [2.75, 3.05) is 4.90 Å². The predicted octanol–water partition coefficient (Wildman–Crippen LogP) is 4.81. The van der Waals surface area contributed by atoms with Crippen molar-refractivity contribution in [3.05, 3.63) is 58.7 Å². The third-order valence-electron chi connectivity index (χ3n) is 5.41. The van der Waals surface area contributed by atoms with Gasteiger partial charge in [-0.3, -0.25) is 0 Å². The van der Waals surface area contributed by atoms with Gasteiger partial charge < -0.3 is 15.0 Å². The molecule has 4 nitrogen and oxygen atoms in total. The Morgan fingerprint density at radius 2 is 2.00 bits per heavy atom. The van der Waals surface area contributed by atoms with Gasteiger partial charge in [-0.25, -0.2) is 8.78 Å². The van der Waals surface area contributed by atoms with Crippen LogP contribution in [-0.4, -0.2) is 16.1 Å². The summed E-state index contributed by atoms with van der Waals surface area (Å²) < 4.78 is 29.1. The molecule has 2 aromatic carbocycles. The second-order valence-electron chi connectivity index (χ2n) is 6.96. The summed E-state index contributed by atoms with van der Waals surface area (Å²) in [4.78, 5) is 5.12. The summed E-state index contributed by atoms with van der Waals surface area (Å²) in [5.41, 5.74) is 2.35. The lowest BCUT2D eigenvalue weighted by molar-refractivity contribution is 0.273. The zero-order valence-corrected chi connectivity index (χ0v) is 14.9. The zero-order valence-electron chi connectivity index (χ0n) is 14.9. The molecule has 0 atom stereocenters. The third-order valence-corrected chi connectivity index (χ3v) is 5.41. The van der Waals surface area contributed by atoms with Gasteiger partial charge >= 0.3 is 0 Å². The fourth-order valence-corrected chi connectivity index (χ4v) is 3.67. The fraction of sp³-hybridized carbons (Fsp3) is 0.286. The molecule has 138 valence electrons. The van der Waals surface area contributed by atoms with Crippen molar-refractivity contribution in [1.29, 1.82) is 5.26 Å². The minimum atomic E-state index is -1.01. The van der Waals surface area contributed by atoms with Gasteiger partial charge in [0.1, 0.15) is 5.82 Å². The Kier molecular flexibility index (Phi) is 4.33. The van der Waals surface area contributed by atoms with Crippen molar-refractivity contribution in [1.82, 2.24) is 4.98 Å². The van der Waals surface area contributed by atoms with E-state index in [9.17, 15) is 13.9 Å².